The van der Waals surface area contributed by atoms with Crippen LogP contribution in [0.5, 0.6) is 0 Å². The molecular weight excluding hydrogens is 332 g/mol. The standard InChI is InChI=1S/C20H22N2O4/c23-13-7-12-21-19(24)18(14-16-8-3-1-4-9-16)22-20(25)26-15-17-10-5-2-6-11-17/h1-6,8-11,13,18H,7,12,14-15H2,(H,21,24)(H,22,25). The summed E-state index contributed by atoms with van der Waals surface area (Å²) in [6.45, 7) is 0.353. The Morgan fingerprint density at radius 1 is 0.962 bits per heavy atom. The van der Waals surface area contributed by atoms with Crippen LogP contribution in [-0.2, 0) is 27.4 Å². The number of alkyl carbamates (subject to hydrolysis) is 1. The number of nitrogens with one attached hydrogen (secondary N) is 2. The number of ether oxygens (including phenoxy) is 1. The molecule has 2 rings (SSSR count). The second-order valence-corrected chi connectivity index (χ2v) is 5.69. The fourth-order valence-electron chi connectivity index (χ4n) is 2.34. The summed E-state index contributed by atoms with van der Waals surface area (Å²) in [6.07, 6.45) is 0.616. The number of amides is 2. The van der Waals surface area contributed by atoms with E-state index >= 15 is 0 Å². The van der Waals surface area contributed by atoms with Gasteiger partial charge in [0.25, 0.3) is 0 Å². The van der Waals surface area contributed by atoms with Crippen molar-refractivity contribution < 1.29 is 19.1 Å². The molecule has 0 aliphatic carbocycles. The Balaban J connectivity index is 1.94. The number of carbonyl (C=O) groups is 3. The lowest BCUT2D eigenvalue weighted by Gasteiger charge is -2.18. The van der Waals surface area contributed by atoms with Gasteiger partial charge in [0.15, 0.2) is 0 Å². The molecule has 136 valence electrons. The maximum Gasteiger partial charge on any atom is 0.408 e. The molecule has 0 fully saturated rings. The Morgan fingerprint density at radius 2 is 1.58 bits per heavy atom. The second-order valence-electron chi connectivity index (χ2n) is 5.69. The third kappa shape index (κ3) is 6.76. The minimum Gasteiger partial charge on any atom is -0.445 e. The second kappa shape index (κ2) is 10.7. The first-order chi connectivity index (χ1) is 12.7. The van der Waals surface area contributed by atoms with Gasteiger partial charge >= 0.3 is 6.09 Å². The average Bonchev–Trinajstić information content (AvgIpc) is 2.67. The number of aldehydes is 1. The molecule has 2 amide bonds. The molecule has 2 N–H and O–H groups in total. The van der Waals surface area contributed by atoms with Crippen LogP contribution in [0.3, 0.4) is 0 Å². The van der Waals surface area contributed by atoms with Gasteiger partial charge in [-0.15, -0.1) is 0 Å². The van der Waals surface area contributed by atoms with E-state index in [1.165, 1.54) is 0 Å². The van der Waals surface area contributed by atoms with Crippen LogP contribution >= 0.6 is 0 Å². The van der Waals surface area contributed by atoms with Gasteiger partial charge in [-0.25, -0.2) is 4.79 Å². The smallest absolute Gasteiger partial charge is 0.408 e. The molecule has 0 saturated heterocycles. The van der Waals surface area contributed by atoms with Crippen molar-refractivity contribution in [3.8, 4) is 0 Å². The van der Waals surface area contributed by atoms with Gasteiger partial charge in [0.1, 0.15) is 18.9 Å². The maximum absolute atomic E-state index is 12.3. The molecule has 1 unspecified atom stereocenters. The molecule has 0 aromatic heterocycles. The average molecular weight is 354 g/mol. The fourth-order valence-corrected chi connectivity index (χ4v) is 2.34. The summed E-state index contributed by atoms with van der Waals surface area (Å²) >= 11 is 0. The summed E-state index contributed by atoms with van der Waals surface area (Å²) < 4.78 is 5.19. The summed E-state index contributed by atoms with van der Waals surface area (Å²) in [6, 6.07) is 17.9. The number of hydrogen-bond acceptors (Lipinski definition) is 4. The SMILES string of the molecule is O=CCCNC(=O)C(Cc1ccccc1)NC(=O)OCc1ccccc1. The minimum atomic E-state index is -0.785. The van der Waals surface area contributed by atoms with E-state index in [2.05, 4.69) is 10.6 Å². The predicted molar refractivity (Wildman–Crippen MR) is 97.4 cm³/mol. The van der Waals surface area contributed by atoms with E-state index in [9.17, 15) is 14.4 Å². The molecule has 6 heteroatoms. The van der Waals surface area contributed by atoms with Crippen LogP contribution in [0.1, 0.15) is 17.5 Å². The van der Waals surface area contributed by atoms with E-state index in [-0.39, 0.29) is 25.5 Å². The van der Waals surface area contributed by atoms with Gasteiger partial charge in [-0.1, -0.05) is 60.7 Å². The lowest BCUT2D eigenvalue weighted by molar-refractivity contribution is -0.123. The molecule has 1 atom stereocenters. The fraction of sp³-hybridized carbons (Fsp3) is 0.250. The summed E-state index contributed by atoms with van der Waals surface area (Å²) in [4.78, 5) is 34.8. The molecule has 0 aliphatic rings. The summed E-state index contributed by atoms with van der Waals surface area (Å²) in [5.41, 5.74) is 1.77. The van der Waals surface area contributed by atoms with E-state index in [4.69, 9.17) is 4.74 Å². The molecule has 2 aromatic rings. The van der Waals surface area contributed by atoms with Crippen molar-refractivity contribution in [2.24, 2.45) is 0 Å². The van der Waals surface area contributed by atoms with Gasteiger partial charge < -0.3 is 20.2 Å². The van der Waals surface area contributed by atoms with Crippen LogP contribution in [-0.4, -0.2) is 30.9 Å². The van der Waals surface area contributed by atoms with E-state index < -0.39 is 12.1 Å². The summed E-state index contributed by atoms with van der Waals surface area (Å²) in [7, 11) is 0. The van der Waals surface area contributed by atoms with Crippen LogP contribution < -0.4 is 10.6 Å². The molecule has 2 aromatic carbocycles. The van der Waals surface area contributed by atoms with Gasteiger partial charge in [-0.2, -0.15) is 0 Å². The molecule has 0 aliphatic heterocycles. The van der Waals surface area contributed by atoms with E-state index in [1.54, 1.807) is 0 Å². The topological polar surface area (TPSA) is 84.5 Å². The Hall–Kier alpha value is -3.15. The van der Waals surface area contributed by atoms with E-state index in [1.807, 2.05) is 60.7 Å². The van der Waals surface area contributed by atoms with Crippen molar-refractivity contribution in [3.63, 3.8) is 0 Å². The number of benzene rings is 2. The highest BCUT2D eigenvalue weighted by molar-refractivity contribution is 5.86. The summed E-state index contributed by atoms with van der Waals surface area (Å²) in [5, 5.41) is 5.24. The first-order valence-corrected chi connectivity index (χ1v) is 8.41. The monoisotopic (exact) mass is 354 g/mol. The van der Waals surface area contributed by atoms with Crippen molar-refractivity contribution >= 4 is 18.3 Å². The Labute approximate surface area is 152 Å². The van der Waals surface area contributed by atoms with Crippen LogP contribution in [0.25, 0.3) is 0 Å². The molecule has 26 heavy (non-hydrogen) atoms. The van der Waals surface area contributed by atoms with Crippen molar-refractivity contribution in [1.29, 1.82) is 0 Å². The zero-order valence-corrected chi connectivity index (χ0v) is 14.4. The molecule has 6 nitrogen and oxygen atoms in total. The molecule has 0 saturated carbocycles. The highest BCUT2D eigenvalue weighted by Gasteiger charge is 2.21. The van der Waals surface area contributed by atoms with Crippen LogP contribution in [0.4, 0.5) is 4.79 Å². The largest absolute Gasteiger partial charge is 0.445 e. The molecular formula is C20H22N2O4. The minimum absolute atomic E-state index is 0.123. The highest BCUT2D eigenvalue weighted by atomic mass is 16.5. The van der Waals surface area contributed by atoms with Gasteiger partial charge in [0.05, 0.1) is 0 Å². The van der Waals surface area contributed by atoms with Gasteiger partial charge in [-0.3, -0.25) is 4.79 Å². The third-order valence-electron chi connectivity index (χ3n) is 3.67. The third-order valence-corrected chi connectivity index (χ3v) is 3.67. The molecule has 0 spiro atoms. The van der Waals surface area contributed by atoms with Crippen molar-refractivity contribution in [2.75, 3.05) is 6.54 Å². The van der Waals surface area contributed by atoms with Crippen LogP contribution in [0, 0.1) is 0 Å². The van der Waals surface area contributed by atoms with Crippen molar-refractivity contribution in [1.82, 2.24) is 10.6 Å². The molecule has 0 radical (unpaired) electrons. The Bertz CT molecular complexity index is 704. The first kappa shape index (κ1) is 19.2. The van der Waals surface area contributed by atoms with Crippen molar-refractivity contribution in [2.45, 2.75) is 25.5 Å². The number of hydrogen-bond donors (Lipinski definition) is 2. The molecule has 0 heterocycles. The Morgan fingerprint density at radius 3 is 2.19 bits per heavy atom. The lowest BCUT2D eigenvalue weighted by atomic mass is 10.1. The van der Waals surface area contributed by atoms with Gasteiger partial charge in [-0.05, 0) is 11.1 Å². The van der Waals surface area contributed by atoms with E-state index in [0.29, 0.717) is 6.42 Å². The number of carbonyl (C=O) groups excluding carboxylic acids is 3. The van der Waals surface area contributed by atoms with Crippen molar-refractivity contribution in [3.05, 3.63) is 71.8 Å². The van der Waals surface area contributed by atoms with Gasteiger partial charge in [0.2, 0.25) is 5.91 Å². The van der Waals surface area contributed by atoms with Gasteiger partial charge in [0, 0.05) is 19.4 Å². The van der Waals surface area contributed by atoms with Crippen LogP contribution in [0.2, 0.25) is 0 Å². The lowest BCUT2D eigenvalue weighted by Crippen LogP contribution is -2.48. The number of rotatable bonds is 9. The molecule has 0 bridgehead atoms. The maximum atomic E-state index is 12.3. The summed E-state index contributed by atoms with van der Waals surface area (Å²) in [5.74, 6) is -0.354. The zero-order valence-electron chi connectivity index (χ0n) is 14.4. The van der Waals surface area contributed by atoms with E-state index in [0.717, 1.165) is 17.4 Å². The quantitative estimate of drug-likeness (QED) is 0.534. The first-order valence-electron chi connectivity index (χ1n) is 8.41. The highest BCUT2D eigenvalue weighted by Crippen LogP contribution is 2.05. The predicted octanol–water partition coefficient (Wildman–Crippen LogP) is 2.23. The zero-order chi connectivity index (χ0) is 18.6. The van der Waals surface area contributed by atoms with Crippen LogP contribution in [0.15, 0.2) is 60.7 Å². The normalized spacial score (nSPS) is 11.2. The Kier molecular flexibility index (Phi) is 7.86.